The quantitative estimate of drug-likeness (QED) is 0.931. The van der Waals surface area contributed by atoms with E-state index < -0.39 is 21.1 Å². The summed E-state index contributed by atoms with van der Waals surface area (Å²) in [6.45, 7) is 0. The molecule has 110 valence electrons. The van der Waals surface area contributed by atoms with E-state index in [2.05, 4.69) is 0 Å². The molecule has 0 heterocycles. The molecule has 3 nitrogen and oxygen atoms in total. The van der Waals surface area contributed by atoms with Crippen LogP contribution in [-0.4, -0.2) is 19.7 Å². The van der Waals surface area contributed by atoms with Crippen LogP contribution in [-0.2, 0) is 9.84 Å². The maximum absolute atomic E-state index is 12.6. The Morgan fingerprint density at radius 1 is 0.952 bits per heavy atom. The van der Waals surface area contributed by atoms with Gasteiger partial charge in [-0.3, -0.25) is 0 Å². The van der Waals surface area contributed by atoms with Crippen molar-refractivity contribution in [1.29, 1.82) is 0 Å². The van der Waals surface area contributed by atoms with Crippen molar-refractivity contribution < 1.29 is 8.42 Å². The van der Waals surface area contributed by atoms with Crippen molar-refractivity contribution in [2.75, 3.05) is 0 Å². The Bertz CT molecular complexity index is 775. The van der Waals surface area contributed by atoms with Gasteiger partial charge in [-0.1, -0.05) is 35.3 Å². The largest absolute Gasteiger partial charge is 0.326 e. The van der Waals surface area contributed by atoms with Crippen molar-refractivity contribution in [1.82, 2.24) is 0 Å². The highest BCUT2D eigenvalue weighted by Gasteiger charge is 2.57. The van der Waals surface area contributed by atoms with Crippen LogP contribution in [0.15, 0.2) is 53.4 Å². The lowest BCUT2D eigenvalue weighted by Gasteiger charge is -2.04. The molecule has 3 rings (SSSR count). The Morgan fingerprint density at radius 2 is 1.62 bits per heavy atom. The van der Waals surface area contributed by atoms with Crippen LogP contribution in [0.5, 0.6) is 0 Å². The topological polar surface area (TPSA) is 60.2 Å². The number of hydrogen-bond donors (Lipinski definition) is 1. The second kappa shape index (κ2) is 5.29. The molecule has 0 aliphatic heterocycles. The average molecular weight is 342 g/mol. The van der Waals surface area contributed by atoms with Gasteiger partial charge in [0.1, 0.15) is 0 Å². The van der Waals surface area contributed by atoms with Crippen LogP contribution in [0, 0.1) is 0 Å². The first-order chi connectivity index (χ1) is 9.91. The van der Waals surface area contributed by atoms with E-state index in [4.69, 9.17) is 28.9 Å². The van der Waals surface area contributed by atoms with Gasteiger partial charge >= 0.3 is 0 Å². The standard InChI is InChI=1S/C15H13Cl2NO2S/c16-10-4-6-12(7-5-10)21(19,20)15-13(14(15)18)9-2-1-3-11(17)8-9/h1-8,13-15H,18H2. The number of sulfone groups is 1. The lowest BCUT2D eigenvalue weighted by Crippen LogP contribution is -2.15. The Morgan fingerprint density at radius 3 is 2.24 bits per heavy atom. The first-order valence-electron chi connectivity index (χ1n) is 6.42. The molecule has 2 aromatic rings. The van der Waals surface area contributed by atoms with Crippen LogP contribution < -0.4 is 5.73 Å². The zero-order valence-corrected chi connectivity index (χ0v) is 13.2. The molecule has 1 fully saturated rings. The van der Waals surface area contributed by atoms with Crippen LogP contribution in [0.4, 0.5) is 0 Å². The van der Waals surface area contributed by atoms with Gasteiger partial charge in [0.25, 0.3) is 0 Å². The summed E-state index contributed by atoms with van der Waals surface area (Å²) in [4.78, 5) is 0.247. The lowest BCUT2D eigenvalue weighted by molar-refractivity contribution is 0.593. The summed E-state index contributed by atoms with van der Waals surface area (Å²) in [5.41, 5.74) is 6.86. The molecular formula is C15H13Cl2NO2S. The number of rotatable bonds is 3. The zero-order chi connectivity index (χ0) is 15.2. The normalized spacial score (nSPS) is 24.8. The third-order valence-corrected chi connectivity index (χ3v) is 6.48. The van der Waals surface area contributed by atoms with Crippen LogP contribution in [0.1, 0.15) is 11.5 Å². The van der Waals surface area contributed by atoms with Crippen LogP contribution >= 0.6 is 23.2 Å². The van der Waals surface area contributed by atoms with Gasteiger partial charge in [-0.15, -0.1) is 0 Å². The third kappa shape index (κ3) is 2.69. The molecule has 0 aromatic heterocycles. The van der Waals surface area contributed by atoms with E-state index in [0.717, 1.165) is 5.56 Å². The van der Waals surface area contributed by atoms with Crippen molar-refractivity contribution in [2.45, 2.75) is 22.1 Å². The highest BCUT2D eigenvalue weighted by molar-refractivity contribution is 7.92. The number of hydrogen-bond acceptors (Lipinski definition) is 3. The second-order valence-electron chi connectivity index (χ2n) is 5.12. The summed E-state index contributed by atoms with van der Waals surface area (Å²) >= 11 is 11.7. The monoisotopic (exact) mass is 341 g/mol. The highest BCUT2D eigenvalue weighted by atomic mass is 35.5. The molecule has 3 atom stereocenters. The Balaban J connectivity index is 1.93. The Labute approximate surface area is 133 Å². The fraction of sp³-hybridized carbons (Fsp3) is 0.200. The second-order valence-corrected chi connectivity index (χ2v) is 8.10. The summed E-state index contributed by atoms with van der Waals surface area (Å²) in [7, 11) is -3.47. The van der Waals surface area contributed by atoms with Gasteiger partial charge in [-0.2, -0.15) is 0 Å². The summed E-state index contributed by atoms with van der Waals surface area (Å²) in [5.74, 6) is -0.218. The molecule has 3 unspecified atom stereocenters. The van der Waals surface area contributed by atoms with Gasteiger partial charge in [0.05, 0.1) is 10.1 Å². The van der Waals surface area contributed by atoms with E-state index in [9.17, 15) is 8.42 Å². The molecule has 1 aliphatic carbocycles. The van der Waals surface area contributed by atoms with E-state index in [1.54, 1.807) is 30.3 Å². The number of halogens is 2. The third-order valence-electron chi connectivity index (χ3n) is 3.74. The van der Waals surface area contributed by atoms with E-state index >= 15 is 0 Å². The van der Waals surface area contributed by atoms with Gasteiger partial charge in [0, 0.05) is 22.0 Å². The summed E-state index contributed by atoms with van der Waals surface area (Å²) < 4.78 is 25.3. The highest BCUT2D eigenvalue weighted by Crippen LogP contribution is 2.47. The lowest BCUT2D eigenvalue weighted by atomic mass is 10.1. The summed E-state index contributed by atoms with van der Waals surface area (Å²) in [5, 5.41) is 0.465. The van der Waals surface area contributed by atoms with Crippen molar-refractivity contribution in [3.63, 3.8) is 0 Å². The van der Waals surface area contributed by atoms with Crippen molar-refractivity contribution in [3.8, 4) is 0 Å². The average Bonchev–Trinajstić information content (AvgIpc) is 3.12. The Hall–Kier alpha value is -1.07. The molecule has 0 radical (unpaired) electrons. The SMILES string of the molecule is NC1C(c2cccc(Cl)c2)C1S(=O)(=O)c1ccc(Cl)cc1. The first kappa shape index (κ1) is 14.9. The van der Waals surface area contributed by atoms with Gasteiger partial charge < -0.3 is 5.73 Å². The van der Waals surface area contributed by atoms with E-state index in [1.807, 2.05) is 6.07 Å². The molecule has 0 saturated heterocycles. The molecule has 6 heteroatoms. The first-order valence-corrected chi connectivity index (χ1v) is 8.72. The van der Waals surface area contributed by atoms with E-state index in [1.165, 1.54) is 12.1 Å². The van der Waals surface area contributed by atoms with Crippen molar-refractivity contribution >= 4 is 33.0 Å². The molecule has 1 saturated carbocycles. The molecule has 0 amide bonds. The number of nitrogens with two attached hydrogens (primary N) is 1. The molecular weight excluding hydrogens is 329 g/mol. The predicted octanol–water partition coefficient (Wildman–Crippen LogP) is 3.26. The molecule has 21 heavy (non-hydrogen) atoms. The molecule has 2 N–H and O–H groups in total. The predicted molar refractivity (Wildman–Crippen MR) is 84.6 cm³/mol. The molecule has 2 aromatic carbocycles. The smallest absolute Gasteiger partial charge is 0.183 e. The van der Waals surface area contributed by atoms with Crippen molar-refractivity contribution in [3.05, 3.63) is 64.1 Å². The van der Waals surface area contributed by atoms with Crippen LogP contribution in [0.2, 0.25) is 10.0 Å². The van der Waals surface area contributed by atoms with Gasteiger partial charge in [-0.05, 0) is 42.0 Å². The van der Waals surface area contributed by atoms with Gasteiger partial charge in [0.2, 0.25) is 0 Å². The minimum absolute atomic E-state index is 0.218. The zero-order valence-electron chi connectivity index (χ0n) is 10.9. The molecule has 0 spiro atoms. The summed E-state index contributed by atoms with van der Waals surface area (Å²) in [6, 6.07) is 12.9. The van der Waals surface area contributed by atoms with Gasteiger partial charge in [0.15, 0.2) is 9.84 Å². The number of benzene rings is 2. The molecule has 1 aliphatic rings. The maximum atomic E-state index is 12.6. The summed E-state index contributed by atoms with van der Waals surface area (Å²) in [6.07, 6.45) is 0. The van der Waals surface area contributed by atoms with Gasteiger partial charge in [-0.25, -0.2) is 8.42 Å². The fourth-order valence-electron chi connectivity index (χ4n) is 2.61. The van der Waals surface area contributed by atoms with Crippen LogP contribution in [0.25, 0.3) is 0 Å². The van der Waals surface area contributed by atoms with Crippen molar-refractivity contribution in [2.24, 2.45) is 5.73 Å². The minimum atomic E-state index is -3.47. The maximum Gasteiger partial charge on any atom is 0.183 e. The fourth-order valence-corrected chi connectivity index (χ4v) is 4.98. The van der Waals surface area contributed by atoms with Crippen LogP contribution in [0.3, 0.4) is 0 Å². The molecule has 0 bridgehead atoms. The minimum Gasteiger partial charge on any atom is -0.326 e. The van der Waals surface area contributed by atoms with E-state index in [-0.39, 0.29) is 10.8 Å². The van der Waals surface area contributed by atoms with E-state index in [0.29, 0.717) is 10.0 Å². The Kier molecular flexibility index (Phi) is 3.74.